The van der Waals surface area contributed by atoms with E-state index >= 15 is 0 Å². The maximum absolute atomic E-state index is 13.7. The molecule has 4 heterocycles. The first-order chi connectivity index (χ1) is 17.5. The van der Waals surface area contributed by atoms with Crippen molar-refractivity contribution < 1.29 is 19.4 Å². The van der Waals surface area contributed by atoms with Gasteiger partial charge in [-0.1, -0.05) is 6.07 Å². The monoisotopic (exact) mass is 492 g/mol. The second-order valence-electron chi connectivity index (χ2n) is 11.4. The molecule has 3 aliphatic heterocycles. The van der Waals surface area contributed by atoms with Crippen molar-refractivity contribution in [3.05, 3.63) is 45.8 Å². The first-order valence-corrected chi connectivity index (χ1v) is 13.4. The molecular formula is C28H36N4O4. The van der Waals surface area contributed by atoms with Crippen LogP contribution in [-0.4, -0.2) is 96.8 Å². The molecule has 5 aliphatic rings. The van der Waals surface area contributed by atoms with Crippen LogP contribution in [0.4, 0.5) is 0 Å². The van der Waals surface area contributed by atoms with Gasteiger partial charge in [0.05, 0.1) is 19.4 Å². The van der Waals surface area contributed by atoms with Crippen LogP contribution in [0.15, 0.2) is 12.1 Å². The molecule has 7 rings (SSSR count). The number of aromatic nitrogens is 1. The third kappa shape index (κ3) is 2.83. The topological polar surface area (TPSA) is 81.3 Å². The van der Waals surface area contributed by atoms with E-state index in [1.807, 2.05) is 4.90 Å². The molecule has 0 unspecified atom stereocenters. The maximum atomic E-state index is 13.7. The van der Waals surface area contributed by atoms with E-state index in [2.05, 4.69) is 40.9 Å². The van der Waals surface area contributed by atoms with E-state index < -0.39 is 0 Å². The van der Waals surface area contributed by atoms with E-state index in [0.717, 1.165) is 67.3 Å². The zero-order valence-electron chi connectivity index (χ0n) is 21.5. The minimum atomic E-state index is -0.116. The highest BCUT2D eigenvalue weighted by Gasteiger charge is 2.65. The summed E-state index contributed by atoms with van der Waals surface area (Å²) in [5, 5.41) is 9.25. The Bertz CT molecular complexity index is 1230. The molecule has 1 aromatic heterocycles. The van der Waals surface area contributed by atoms with Crippen LogP contribution >= 0.6 is 0 Å². The van der Waals surface area contributed by atoms with E-state index in [0.29, 0.717) is 31.6 Å². The van der Waals surface area contributed by atoms with Gasteiger partial charge in [0.2, 0.25) is 0 Å². The van der Waals surface area contributed by atoms with Gasteiger partial charge in [-0.3, -0.25) is 9.69 Å². The van der Waals surface area contributed by atoms with Crippen LogP contribution in [0.3, 0.4) is 0 Å². The van der Waals surface area contributed by atoms with E-state index in [-0.39, 0.29) is 24.0 Å². The quantitative estimate of drug-likeness (QED) is 0.679. The number of amides is 1. The van der Waals surface area contributed by atoms with Gasteiger partial charge in [-0.05, 0) is 68.5 Å². The molecule has 8 heteroatoms. The van der Waals surface area contributed by atoms with Crippen molar-refractivity contribution >= 4 is 5.91 Å². The van der Waals surface area contributed by atoms with Crippen LogP contribution in [0.2, 0.25) is 0 Å². The van der Waals surface area contributed by atoms with Gasteiger partial charge >= 0.3 is 0 Å². The van der Waals surface area contributed by atoms with Crippen LogP contribution in [0, 0.1) is 12.8 Å². The molecule has 1 amide bonds. The average Bonchev–Trinajstić information content (AvgIpc) is 3.41. The minimum absolute atomic E-state index is 0.0742. The van der Waals surface area contributed by atoms with Crippen molar-refractivity contribution in [3.8, 4) is 11.5 Å². The summed E-state index contributed by atoms with van der Waals surface area (Å²) < 4.78 is 12.6. The Morgan fingerprint density at radius 2 is 2.03 bits per heavy atom. The van der Waals surface area contributed by atoms with E-state index in [1.54, 1.807) is 7.11 Å². The van der Waals surface area contributed by atoms with E-state index in [1.165, 1.54) is 16.7 Å². The summed E-state index contributed by atoms with van der Waals surface area (Å²) in [6.45, 7) is 6.96. The Balaban J connectivity index is 1.30. The van der Waals surface area contributed by atoms with Gasteiger partial charge < -0.3 is 29.4 Å². The number of likely N-dealkylation sites (N-methyl/N-ethyl adjacent to an activating group) is 1. The molecule has 2 aliphatic carbocycles. The first kappa shape index (κ1) is 22.6. The molecule has 2 fully saturated rings. The maximum Gasteiger partial charge on any atom is 0.270 e. The molecule has 192 valence electrons. The molecule has 2 saturated heterocycles. The second-order valence-corrected chi connectivity index (χ2v) is 11.4. The lowest BCUT2D eigenvalue weighted by molar-refractivity contribution is -0.0256. The number of aromatic amines is 1. The van der Waals surface area contributed by atoms with Crippen LogP contribution in [0.1, 0.15) is 51.0 Å². The zero-order chi connectivity index (χ0) is 24.8. The number of aliphatic hydroxyl groups is 1. The summed E-state index contributed by atoms with van der Waals surface area (Å²) in [5.74, 6) is 2.27. The second kappa shape index (κ2) is 7.97. The van der Waals surface area contributed by atoms with E-state index in [9.17, 15) is 9.90 Å². The number of H-pyrrole nitrogens is 1. The fourth-order valence-corrected chi connectivity index (χ4v) is 8.13. The number of rotatable bonds is 4. The normalized spacial score (nSPS) is 30.6. The Kier molecular flexibility index (Phi) is 5.01. The van der Waals surface area contributed by atoms with Gasteiger partial charge in [-0.25, -0.2) is 0 Å². The van der Waals surface area contributed by atoms with Gasteiger partial charge in [-0.2, -0.15) is 0 Å². The number of nitrogens with one attached hydrogen (secondary N) is 1. The molecule has 2 bridgehead atoms. The van der Waals surface area contributed by atoms with E-state index in [4.69, 9.17) is 9.47 Å². The van der Waals surface area contributed by atoms with Crippen molar-refractivity contribution in [2.45, 2.75) is 43.7 Å². The third-order valence-corrected chi connectivity index (χ3v) is 9.98. The number of benzene rings is 1. The highest BCUT2D eigenvalue weighted by atomic mass is 16.5. The predicted octanol–water partition coefficient (Wildman–Crippen LogP) is 1.89. The summed E-state index contributed by atoms with van der Waals surface area (Å²) in [6, 6.07) is 4.77. The fourth-order valence-electron chi connectivity index (χ4n) is 8.13. The van der Waals surface area contributed by atoms with Crippen molar-refractivity contribution in [3.63, 3.8) is 0 Å². The van der Waals surface area contributed by atoms with Gasteiger partial charge in [0.1, 0.15) is 11.8 Å². The summed E-state index contributed by atoms with van der Waals surface area (Å²) in [6.07, 6.45) is 2.94. The highest BCUT2D eigenvalue weighted by molar-refractivity contribution is 5.94. The largest absolute Gasteiger partial charge is 0.493 e. The fraction of sp³-hybridized carbons (Fsp3) is 0.607. The average molecular weight is 493 g/mol. The van der Waals surface area contributed by atoms with Crippen molar-refractivity contribution in [2.24, 2.45) is 5.92 Å². The predicted molar refractivity (Wildman–Crippen MR) is 135 cm³/mol. The summed E-state index contributed by atoms with van der Waals surface area (Å²) in [7, 11) is 3.99. The number of carbonyl (C=O) groups excluding carboxylic acids is 1. The number of likely N-dealkylation sites (tertiary alicyclic amines) is 1. The number of hydrogen-bond donors (Lipinski definition) is 2. The summed E-state index contributed by atoms with van der Waals surface area (Å²) >= 11 is 0. The van der Waals surface area contributed by atoms with Crippen LogP contribution in [-0.2, 0) is 18.3 Å². The molecule has 2 aromatic rings. The molecule has 4 atom stereocenters. The number of nitrogens with zero attached hydrogens (tertiary/aromatic N) is 3. The Morgan fingerprint density at radius 1 is 1.22 bits per heavy atom. The van der Waals surface area contributed by atoms with Gasteiger partial charge in [0.15, 0.2) is 11.5 Å². The number of hydrogen-bond acceptors (Lipinski definition) is 6. The number of piperazine rings is 1. The SMILES string of the molecule is COc1ccc2c3c1O[C@H]1c4[nH]c(C(=O)N5CCN(CCO)CC5)c(C)c4C[C@H]4[C@@H](C2)N(C)CC[C@]314. The molecular weight excluding hydrogens is 456 g/mol. The van der Waals surface area contributed by atoms with Crippen molar-refractivity contribution in [2.75, 3.05) is 60.0 Å². The number of piperidine rings is 1. The molecule has 0 saturated carbocycles. The summed E-state index contributed by atoms with van der Waals surface area (Å²) in [5.41, 5.74) is 6.87. The summed E-state index contributed by atoms with van der Waals surface area (Å²) in [4.78, 5) is 24.1. The lowest BCUT2D eigenvalue weighted by Crippen LogP contribution is -2.62. The van der Waals surface area contributed by atoms with Crippen molar-refractivity contribution in [1.82, 2.24) is 19.7 Å². The zero-order valence-corrected chi connectivity index (χ0v) is 21.5. The number of fused-ring (bicyclic) bond motifs is 2. The van der Waals surface area contributed by atoms with Crippen LogP contribution in [0.25, 0.3) is 0 Å². The number of β-amino-alcohol motifs (C(OH)–C–C–N with tert-alkyl or cyclic N) is 1. The van der Waals surface area contributed by atoms with Gasteiger partial charge in [0.25, 0.3) is 5.91 Å². The Labute approximate surface area is 212 Å². The standard InChI is InChI=1S/C28H36N4O4/c1-16-18-15-19-20-14-17-4-5-21(35-3)25-22(17)28(19,6-7-30(20)2)26(36-25)24(18)29-23(16)27(34)32-10-8-31(9-11-32)12-13-33/h4-5,19-20,26,29,33H,6-15H2,1-3H3/t19-,20+,26-,28-/m0/s1. The molecule has 36 heavy (non-hydrogen) atoms. The van der Waals surface area contributed by atoms with Crippen LogP contribution < -0.4 is 9.47 Å². The van der Waals surface area contributed by atoms with Crippen molar-refractivity contribution in [1.29, 1.82) is 0 Å². The number of carbonyl (C=O) groups is 1. The number of ether oxygens (including phenoxy) is 2. The van der Waals surface area contributed by atoms with Crippen LogP contribution in [0.5, 0.6) is 11.5 Å². The lowest BCUT2D eigenvalue weighted by Gasteiger charge is -2.57. The first-order valence-electron chi connectivity index (χ1n) is 13.4. The smallest absolute Gasteiger partial charge is 0.270 e. The lowest BCUT2D eigenvalue weighted by atomic mass is 9.51. The number of methoxy groups -OCH3 is 1. The Morgan fingerprint density at radius 3 is 2.78 bits per heavy atom. The molecule has 0 radical (unpaired) electrons. The van der Waals surface area contributed by atoms with Gasteiger partial charge in [0, 0.05) is 49.7 Å². The number of aliphatic hydroxyl groups excluding tert-OH is 1. The Hall–Kier alpha value is -2.55. The third-order valence-electron chi connectivity index (χ3n) is 9.98. The van der Waals surface area contributed by atoms with Gasteiger partial charge in [-0.15, -0.1) is 0 Å². The molecule has 8 nitrogen and oxygen atoms in total. The molecule has 1 spiro atoms. The molecule has 1 aromatic carbocycles. The minimum Gasteiger partial charge on any atom is -0.493 e. The molecule has 2 N–H and O–H groups in total. The highest BCUT2D eigenvalue weighted by Crippen LogP contribution is 2.67.